The normalized spacial score (nSPS) is 23.1. The van der Waals surface area contributed by atoms with Gasteiger partial charge in [0.1, 0.15) is 17.2 Å². The van der Waals surface area contributed by atoms with E-state index < -0.39 is 0 Å². The number of fused-ring (bicyclic) bond motifs is 3. The van der Waals surface area contributed by atoms with E-state index in [0.717, 1.165) is 61.0 Å². The van der Waals surface area contributed by atoms with E-state index in [4.69, 9.17) is 14.2 Å². The Morgan fingerprint density at radius 2 is 2.07 bits per heavy atom. The molecule has 2 aromatic carbocycles. The van der Waals surface area contributed by atoms with Crippen LogP contribution in [0.15, 0.2) is 30.3 Å². The van der Waals surface area contributed by atoms with Crippen LogP contribution in [0.2, 0.25) is 0 Å². The number of anilines is 1. The van der Waals surface area contributed by atoms with Gasteiger partial charge in [0.05, 0.1) is 26.5 Å². The lowest BCUT2D eigenvalue weighted by Gasteiger charge is -2.33. The lowest BCUT2D eigenvalue weighted by atomic mass is 9.88. The molecule has 1 saturated heterocycles. The van der Waals surface area contributed by atoms with E-state index in [0.29, 0.717) is 12.0 Å². The predicted octanol–water partition coefficient (Wildman–Crippen LogP) is 3.42. The minimum atomic E-state index is 0.526. The van der Waals surface area contributed by atoms with Crippen LogP contribution in [0.1, 0.15) is 24.3 Å². The van der Waals surface area contributed by atoms with Crippen LogP contribution in [0.5, 0.6) is 17.2 Å². The molecule has 2 atom stereocenters. The molecule has 0 aromatic heterocycles. The Morgan fingerprint density at radius 3 is 2.93 bits per heavy atom. The van der Waals surface area contributed by atoms with Crippen molar-refractivity contribution in [3.63, 3.8) is 0 Å². The smallest absolute Gasteiger partial charge is 0.143 e. The molecule has 0 bridgehead atoms. The Kier molecular flexibility index (Phi) is 4.12. The van der Waals surface area contributed by atoms with Gasteiger partial charge in [0, 0.05) is 36.7 Å². The van der Waals surface area contributed by atoms with Gasteiger partial charge in [-0.2, -0.15) is 0 Å². The van der Waals surface area contributed by atoms with Gasteiger partial charge < -0.3 is 24.4 Å². The van der Waals surface area contributed by atoms with Crippen molar-refractivity contribution in [2.45, 2.75) is 24.8 Å². The second kappa shape index (κ2) is 6.64. The molecule has 0 unspecified atom stereocenters. The molecule has 0 spiro atoms. The zero-order valence-corrected chi connectivity index (χ0v) is 16.0. The first-order chi connectivity index (χ1) is 13.3. The van der Waals surface area contributed by atoms with Gasteiger partial charge in [-0.3, -0.25) is 0 Å². The summed E-state index contributed by atoms with van der Waals surface area (Å²) in [4.78, 5) is 2.61. The Labute approximate surface area is 160 Å². The molecular weight excluding hydrogens is 340 g/mol. The van der Waals surface area contributed by atoms with Crippen LogP contribution in [0.3, 0.4) is 0 Å². The van der Waals surface area contributed by atoms with Crippen molar-refractivity contribution in [1.29, 1.82) is 0 Å². The fourth-order valence-electron chi connectivity index (χ4n) is 4.92. The van der Waals surface area contributed by atoms with E-state index in [1.807, 2.05) is 12.1 Å². The third kappa shape index (κ3) is 2.64. The summed E-state index contributed by atoms with van der Waals surface area (Å²) in [5.41, 5.74) is 4.96. The summed E-state index contributed by atoms with van der Waals surface area (Å²) in [6.45, 7) is 4.01. The van der Waals surface area contributed by atoms with Crippen LogP contribution in [-0.4, -0.2) is 46.5 Å². The molecule has 27 heavy (non-hydrogen) atoms. The Hall–Kier alpha value is -2.40. The first-order valence-corrected chi connectivity index (χ1v) is 9.80. The lowest BCUT2D eigenvalue weighted by molar-refractivity contribution is 0.319. The number of nitrogens with zero attached hydrogens (tertiary/aromatic N) is 1. The fourth-order valence-corrected chi connectivity index (χ4v) is 4.92. The van der Waals surface area contributed by atoms with Gasteiger partial charge in [0.2, 0.25) is 0 Å². The molecule has 1 fully saturated rings. The highest BCUT2D eigenvalue weighted by Gasteiger charge is 2.42. The number of ether oxygens (including phenoxy) is 3. The molecule has 2 aromatic rings. The molecule has 3 aliphatic heterocycles. The minimum Gasteiger partial charge on any atom is -0.497 e. The molecule has 0 saturated carbocycles. The second-order valence-corrected chi connectivity index (χ2v) is 7.54. The number of piperidine rings is 1. The number of nitrogens with one attached hydrogen (secondary N) is 1. The van der Waals surface area contributed by atoms with Crippen molar-refractivity contribution in [2.75, 3.05) is 45.4 Å². The van der Waals surface area contributed by atoms with E-state index in [1.165, 1.54) is 17.7 Å². The first-order valence-electron chi connectivity index (χ1n) is 9.80. The van der Waals surface area contributed by atoms with E-state index in [2.05, 4.69) is 28.4 Å². The highest BCUT2D eigenvalue weighted by Crippen LogP contribution is 2.51. The molecule has 1 N–H and O–H groups in total. The van der Waals surface area contributed by atoms with Gasteiger partial charge in [-0.15, -0.1) is 0 Å². The summed E-state index contributed by atoms with van der Waals surface area (Å²) in [5, 5.41) is 3.59. The number of methoxy groups -OCH3 is 2. The molecule has 142 valence electrons. The van der Waals surface area contributed by atoms with Gasteiger partial charge in [-0.1, -0.05) is 0 Å². The number of benzene rings is 2. The average molecular weight is 366 g/mol. The Morgan fingerprint density at radius 1 is 1.15 bits per heavy atom. The van der Waals surface area contributed by atoms with E-state index in [9.17, 15) is 0 Å². The zero-order chi connectivity index (χ0) is 18.4. The molecule has 0 radical (unpaired) electrons. The number of rotatable bonds is 3. The van der Waals surface area contributed by atoms with Crippen molar-refractivity contribution < 1.29 is 14.2 Å². The van der Waals surface area contributed by atoms with Crippen LogP contribution in [-0.2, 0) is 0 Å². The summed E-state index contributed by atoms with van der Waals surface area (Å²) in [6.07, 6.45) is 2.27. The summed E-state index contributed by atoms with van der Waals surface area (Å²) in [6, 6.07) is 11.1. The van der Waals surface area contributed by atoms with Crippen molar-refractivity contribution in [1.82, 2.24) is 5.32 Å². The van der Waals surface area contributed by atoms with Gasteiger partial charge in [0.15, 0.2) is 0 Å². The topological polar surface area (TPSA) is 43.0 Å². The molecule has 5 rings (SSSR count). The van der Waals surface area contributed by atoms with E-state index in [-0.39, 0.29) is 0 Å². The maximum Gasteiger partial charge on any atom is 0.143 e. The lowest BCUT2D eigenvalue weighted by Crippen LogP contribution is -2.44. The van der Waals surface area contributed by atoms with E-state index in [1.54, 1.807) is 14.2 Å². The van der Waals surface area contributed by atoms with Crippen LogP contribution in [0.25, 0.3) is 11.1 Å². The van der Waals surface area contributed by atoms with Crippen LogP contribution in [0, 0.1) is 0 Å². The van der Waals surface area contributed by atoms with Crippen LogP contribution >= 0.6 is 0 Å². The zero-order valence-electron chi connectivity index (χ0n) is 16.0. The van der Waals surface area contributed by atoms with Crippen molar-refractivity contribution in [2.24, 2.45) is 0 Å². The molecule has 5 nitrogen and oxygen atoms in total. The monoisotopic (exact) mass is 366 g/mol. The first kappa shape index (κ1) is 16.8. The van der Waals surface area contributed by atoms with Crippen LogP contribution in [0.4, 0.5) is 5.69 Å². The molecule has 0 amide bonds. The highest BCUT2D eigenvalue weighted by molar-refractivity contribution is 5.81. The van der Waals surface area contributed by atoms with Gasteiger partial charge in [-0.25, -0.2) is 0 Å². The Bertz CT molecular complexity index is 867. The average Bonchev–Trinajstić information content (AvgIpc) is 2.88. The van der Waals surface area contributed by atoms with Gasteiger partial charge in [-0.05, 0) is 54.8 Å². The maximum atomic E-state index is 6.20. The molecular formula is C22H26N2O3. The predicted molar refractivity (Wildman–Crippen MR) is 106 cm³/mol. The fraction of sp³-hybridized carbons (Fsp3) is 0.455. The summed E-state index contributed by atoms with van der Waals surface area (Å²) < 4.78 is 17.2. The van der Waals surface area contributed by atoms with Crippen molar-refractivity contribution in [3.8, 4) is 28.4 Å². The molecule has 0 aliphatic carbocycles. The highest BCUT2D eigenvalue weighted by atomic mass is 16.5. The van der Waals surface area contributed by atoms with Crippen LogP contribution < -0.4 is 24.4 Å². The molecule has 3 aliphatic rings. The Balaban J connectivity index is 1.66. The molecule has 5 heteroatoms. The summed E-state index contributed by atoms with van der Waals surface area (Å²) >= 11 is 0. The number of hydrogen-bond acceptors (Lipinski definition) is 5. The van der Waals surface area contributed by atoms with Gasteiger partial charge >= 0.3 is 0 Å². The quantitative estimate of drug-likeness (QED) is 0.902. The largest absolute Gasteiger partial charge is 0.497 e. The third-order valence-corrected chi connectivity index (χ3v) is 6.16. The standard InChI is InChI=1S/C22H26N2O3/c1-25-15-4-5-16(20(12-15)26-2)14-10-17-18-13-23-7-6-19(18)24-8-3-9-27-21(11-14)22(17)24/h4-5,10-12,18-19,23H,3,6-9,13H2,1-2H3/t18-,19-/m0/s1. The third-order valence-electron chi connectivity index (χ3n) is 6.16. The maximum absolute atomic E-state index is 6.20. The number of hydrogen-bond donors (Lipinski definition) is 1. The molecule has 3 heterocycles. The summed E-state index contributed by atoms with van der Waals surface area (Å²) in [7, 11) is 3.39. The second-order valence-electron chi connectivity index (χ2n) is 7.54. The minimum absolute atomic E-state index is 0.526. The summed E-state index contributed by atoms with van der Waals surface area (Å²) in [5.74, 6) is 3.17. The van der Waals surface area contributed by atoms with Gasteiger partial charge in [0.25, 0.3) is 0 Å². The van der Waals surface area contributed by atoms with E-state index >= 15 is 0 Å². The van der Waals surface area contributed by atoms with Crippen molar-refractivity contribution in [3.05, 3.63) is 35.9 Å². The SMILES string of the molecule is COc1ccc(-c2cc3c4c(c2)[C@@H]2CNCC[C@@H]2N4CCCO3)c(OC)c1. The van der Waals surface area contributed by atoms with Crippen molar-refractivity contribution >= 4 is 5.69 Å².